The molecule has 0 aromatic carbocycles. The number of nitrogens with one attached hydrogen (secondary N) is 3. The average molecular weight is 417 g/mol. The molecule has 4 unspecified atom stereocenters. The number of rotatable bonds is 13. The summed E-state index contributed by atoms with van der Waals surface area (Å²) in [5, 5.41) is 24.3. The normalized spacial score (nSPS) is 14.6. The lowest BCUT2D eigenvalue weighted by molar-refractivity contribution is -0.143. The molecular formula is C16H27N5O8. The lowest BCUT2D eigenvalue weighted by atomic mass is 9.97. The minimum absolute atomic E-state index is 0.374. The van der Waals surface area contributed by atoms with Crippen LogP contribution in [-0.4, -0.2) is 70.5 Å². The molecule has 0 aliphatic heterocycles. The van der Waals surface area contributed by atoms with Gasteiger partial charge < -0.3 is 37.6 Å². The van der Waals surface area contributed by atoms with Gasteiger partial charge in [-0.1, -0.05) is 20.3 Å². The van der Waals surface area contributed by atoms with E-state index in [4.69, 9.17) is 21.7 Å². The highest BCUT2D eigenvalue weighted by atomic mass is 16.4. The summed E-state index contributed by atoms with van der Waals surface area (Å²) in [7, 11) is 0. The van der Waals surface area contributed by atoms with Crippen molar-refractivity contribution in [2.45, 2.75) is 51.2 Å². The maximum Gasteiger partial charge on any atom is 0.326 e. The first-order chi connectivity index (χ1) is 13.4. The van der Waals surface area contributed by atoms with Crippen LogP contribution in [0.15, 0.2) is 0 Å². The lowest BCUT2D eigenvalue weighted by Gasteiger charge is -2.24. The summed E-state index contributed by atoms with van der Waals surface area (Å²) in [4.78, 5) is 68.7. The van der Waals surface area contributed by atoms with Gasteiger partial charge in [-0.25, -0.2) is 4.79 Å². The van der Waals surface area contributed by atoms with Gasteiger partial charge in [-0.2, -0.15) is 0 Å². The molecule has 164 valence electrons. The Morgan fingerprint density at radius 2 is 1.55 bits per heavy atom. The third-order valence-corrected chi connectivity index (χ3v) is 3.99. The van der Waals surface area contributed by atoms with Crippen molar-refractivity contribution in [2.24, 2.45) is 17.4 Å². The van der Waals surface area contributed by atoms with Crippen molar-refractivity contribution in [1.82, 2.24) is 16.0 Å². The van der Waals surface area contributed by atoms with Gasteiger partial charge in [-0.3, -0.25) is 24.0 Å². The highest BCUT2D eigenvalue weighted by Gasteiger charge is 2.29. The van der Waals surface area contributed by atoms with Gasteiger partial charge in [0.15, 0.2) is 0 Å². The van der Waals surface area contributed by atoms with E-state index in [-0.39, 0.29) is 5.92 Å². The summed E-state index contributed by atoms with van der Waals surface area (Å²) in [6.07, 6.45) is -0.778. The molecule has 0 saturated heterocycles. The summed E-state index contributed by atoms with van der Waals surface area (Å²) in [6, 6.07) is -4.00. The zero-order valence-corrected chi connectivity index (χ0v) is 16.1. The Bertz CT molecular complexity index is 653. The molecule has 0 fully saturated rings. The number of nitrogens with two attached hydrogens (primary N) is 2. The van der Waals surface area contributed by atoms with Gasteiger partial charge in [0.05, 0.1) is 25.4 Å². The Morgan fingerprint density at radius 1 is 0.966 bits per heavy atom. The van der Waals surface area contributed by atoms with Crippen molar-refractivity contribution in [1.29, 1.82) is 0 Å². The van der Waals surface area contributed by atoms with E-state index in [1.165, 1.54) is 0 Å². The molecule has 0 aromatic rings. The van der Waals surface area contributed by atoms with E-state index in [0.29, 0.717) is 6.42 Å². The number of hydrogen-bond acceptors (Lipinski definition) is 7. The first-order valence-electron chi connectivity index (χ1n) is 8.74. The van der Waals surface area contributed by atoms with Gasteiger partial charge in [0.1, 0.15) is 12.1 Å². The minimum Gasteiger partial charge on any atom is -0.481 e. The summed E-state index contributed by atoms with van der Waals surface area (Å²) in [5.74, 6) is -6.53. The second kappa shape index (κ2) is 12.3. The van der Waals surface area contributed by atoms with Crippen LogP contribution in [-0.2, 0) is 28.8 Å². The second-order valence-corrected chi connectivity index (χ2v) is 6.42. The Labute approximate surface area is 166 Å². The molecule has 0 aliphatic carbocycles. The topological polar surface area (TPSA) is 231 Å². The molecule has 0 bridgehead atoms. The van der Waals surface area contributed by atoms with Crippen molar-refractivity contribution in [2.75, 3.05) is 6.54 Å². The fourth-order valence-corrected chi connectivity index (χ4v) is 2.17. The highest BCUT2D eigenvalue weighted by molar-refractivity contribution is 5.94. The lowest BCUT2D eigenvalue weighted by Crippen LogP contribution is -2.56. The van der Waals surface area contributed by atoms with Crippen molar-refractivity contribution < 1.29 is 39.0 Å². The van der Waals surface area contributed by atoms with E-state index in [1.54, 1.807) is 13.8 Å². The quantitative estimate of drug-likeness (QED) is 0.160. The summed E-state index contributed by atoms with van der Waals surface area (Å²) in [6.45, 7) is 2.79. The molecule has 0 aromatic heterocycles. The van der Waals surface area contributed by atoms with E-state index in [1.807, 2.05) is 5.32 Å². The zero-order chi connectivity index (χ0) is 22.7. The summed E-state index contributed by atoms with van der Waals surface area (Å²) >= 11 is 0. The van der Waals surface area contributed by atoms with Crippen LogP contribution in [0.1, 0.15) is 33.1 Å². The summed E-state index contributed by atoms with van der Waals surface area (Å²) in [5.41, 5.74) is 10.4. The fourth-order valence-electron chi connectivity index (χ4n) is 2.17. The second-order valence-electron chi connectivity index (χ2n) is 6.42. The summed E-state index contributed by atoms with van der Waals surface area (Å²) < 4.78 is 0. The molecular weight excluding hydrogens is 390 g/mol. The van der Waals surface area contributed by atoms with Gasteiger partial charge in [0.25, 0.3) is 0 Å². The van der Waals surface area contributed by atoms with Crippen LogP contribution in [0, 0.1) is 5.92 Å². The van der Waals surface area contributed by atoms with E-state index >= 15 is 0 Å². The van der Waals surface area contributed by atoms with Crippen LogP contribution in [0.25, 0.3) is 0 Å². The van der Waals surface area contributed by atoms with Gasteiger partial charge >= 0.3 is 11.9 Å². The van der Waals surface area contributed by atoms with Crippen LogP contribution in [0.2, 0.25) is 0 Å². The van der Waals surface area contributed by atoms with E-state index in [0.717, 1.165) is 0 Å². The van der Waals surface area contributed by atoms with E-state index in [9.17, 15) is 28.8 Å². The maximum absolute atomic E-state index is 12.4. The number of aliphatic carboxylic acids is 2. The Morgan fingerprint density at radius 3 is 2.00 bits per heavy atom. The predicted molar refractivity (Wildman–Crippen MR) is 98.0 cm³/mol. The molecule has 0 heterocycles. The SMILES string of the molecule is CCC(C)C(NC(=O)C(N)CC(=O)O)C(=O)NCC(=O)NC(CC(N)=O)C(=O)O. The molecule has 0 spiro atoms. The molecule has 0 radical (unpaired) electrons. The number of carbonyl (C=O) groups excluding carboxylic acids is 4. The fraction of sp³-hybridized carbons (Fsp3) is 0.625. The molecule has 0 saturated carbocycles. The number of carboxylic acids is 2. The van der Waals surface area contributed by atoms with Crippen LogP contribution < -0.4 is 27.4 Å². The van der Waals surface area contributed by atoms with Crippen LogP contribution in [0.4, 0.5) is 0 Å². The Kier molecular flexibility index (Phi) is 10.9. The molecule has 29 heavy (non-hydrogen) atoms. The number of carbonyl (C=O) groups is 6. The van der Waals surface area contributed by atoms with Crippen LogP contribution in [0.3, 0.4) is 0 Å². The largest absolute Gasteiger partial charge is 0.481 e. The Balaban J connectivity index is 4.92. The third-order valence-electron chi connectivity index (χ3n) is 3.99. The van der Waals surface area contributed by atoms with Gasteiger partial charge in [-0.15, -0.1) is 0 Å². The molecule has 4 atom stereocenters. The highest BCUT2D eigenvalue weighted by Crippen LogP contribution is 2.08. The third kappa shape index (κ3) is 10.0. The first kappa shape index (κ1) is 25.8. The number of amides is 4. The van der Waals surface area contributed by atoms with Crippen molar-refractivity contribution >= 4 is 35.6 Å². The first-order valence-corrected chi connectivity index (χ1v) is 8.74. The van der Waals surface area contributed by atoms with Gasteiger partial charge in [0.2, 0.25) is 23.6 Å². The zero-order valence-electron chi connectivity index (χ0n) is 16.1. The standard InChI is InChI=1S/C16H27N5O8/c1-3-7(2)13(21-14(26)8(17)4-12(24)25)15(27)19-6-11(23)20-9(16(28)29)5-10(18)22/h7-9,13H,3-6,17H2,1-2H3,(H2,18,22)(H,19,27)(H,20,23)(H,21,26)(H,24,25)(H,28,29). The molecule has 4 amide bonds. The maximum atomic E-state index is 12.4. The molecule has 9 N–H and O–H groups in total. The predicted octanol–water partition coefficient (Wildman–Crippen LogP) is -3.12. The number of primary amides is 1. The average Bonchev–Trinajstić information content (AvgIpc) is 2.61. The molecule has 0 aliphatic rings. The van der Waals surface area contributed by atoms with Gasteiger partial charge in [0, 0.05) is 0 Å². The van der Waals surface area contributed by atoms with Crippen LogP contribution in [0.5, 0.6) is 0 Å². The number of hydrogen-bond donors (Lipinski definition) is 7. The molecule has 13 nitrogen and oxygen atoms in total. The van der Waals surface area contributed by atoms with Crippen molar-refractivity contribution in [3.8, 4) is 0 Å². The van der Waals surface area contributed by atoms with Gasteiger partial charge in [-0.05, 0) is 5.92 Å². The Hall–Kier alpha value is -3.22. The van der Waals surface area contributed by atoms with Crippen molar-refractivity contribution in [3.63, 3.8) is 0 Å². The van der Waals surface area contributed by atoms with E-state index < -0.39 is 73.1 Å². The smallest absolute Gasteiger partial charge is 0.326 e. The minimum atomic E-state index is -1.55. The van der Waals surface area contributed by atoms with Crippen LogP contribution >= 0.6 is 0 Å². The molecule has 13 heteroatoms. The monoisotopic (exact) mass is 417 g/mol. The van der Waals surface area contributed by atoms with Crippen molar-refractivity contribution in [3.05, 3.63) is 0 Å². The number of carboxylic acid groups (broad SMARTS) is 2. The molecule has 0 rings (SSSR count). The van der Waals surface area contributed by atoms with E-state index in [2.05, 4.69) is 10.6 Å².